The molecule has 0 aliphatic rings. The van der Waals surface area contributed by atoms with Gasteiger partial charge < -0.3 is 148 Å². The maximum atomic E-state index is 9.98. The first kappa shape index (κ1) is 63.5. The quantitative estimate of drug-likeness (QED) is 0.0506. The molecule has 0 aliphatic heterocycles. The van der Waals surface area contributed by atoms with E-state index in [2.05, 4.69) is 0 Å². The molecule has 0 aromatic rings. The first-order chi connectivity index (χ1) is 23.7. The predicted octanol–water partition coefficient (Wildman–Crippen LogP) is -18.9. The molecule has 0 spiro atoms. The van der Waals surface area contributed by atoms with Gasteiger partial charge in [0.2, 0.25) is 0 Å². The Morgan fingerprint density at radius 1 is 0.315 bits per heavy atom. The van der Waals surface area contributed by atoms with Crippen molar-refractivity contribution in [3.8, 4) is 0 Å². The van der Waals surface area contributed by atoms with Crippen molar-refractivity contribution in [1.29, 1.82) is 0 Å². The maximum absolute atomic E-state index is 9.98. The third kappa shape index (κ3) is 24.2. The molecule has 0 saturated carbocycles. The Kier molecular flexibility index (Phi) is 38.5. The minimum absolute atomic E-state index is 0. The third-order valence-corrected chi connectivity index (χ3v) is 5.98. The molecule has 16 atom stereocenters. The fraction of sp³-hybridized carbons (Fsp3) is 0.833. The van der Waals surface area contributed by atoms with Crippen LogP contribution in [0.3, 0.4) is 0 Å². The Hall–Kier alpha value is -2.44. The second-order valence-corrected chi connectivity index (χ2v) is 9.98. The van der Waals surface area contributed by atoms with E-state index < -0.39 is 148 Å². The summed E-state index contributed by atoms with van der Waals surface area (Å²) in [6.07, 6.45) is -32.3. The van der Waals surface area contributed by atoms with Crippen LogP contribution < -0.4 is 26.6 Å². The summed E-state index contributed by atoms with van der Waals surface area (Å²) >= 11 is 0. The van der Waals surface area contributed by atoms with Crippen LogP contribution in [0.4, 0.5) is 0 Å². The van der Waals surface area contributed by atoms with Crippen LogP contribution in [-0.4, -0.2) is 250 Å². The van der Waals surface area contributed by atoms with Crippen molar-refractivity contribution in [1.82, 2.24) is 6.15 Å². The fourth-order valence-corrected chi connectivity index (χ4v) is 2.65. The number of carboxylic acids is 4. The van der Waals surface area contributed by atoms with Gasteiger partial charge in [0.25, 0.3) is 0 Å². The first-order valence-electron chi connectivity index (χ1n) is 13.8. The Balaban J connectivity index is -0.000000140. The standard InChI is InChI=1S/4C6H12O7.Fe.H3N/c4*7-1-2(8)3(9)4(10)5(11)6(12)13;;/h4*2-5,7-11H,1H2,(H,12,13);;1H3/q;;;;+3;/p-3/t4*2-,3-,4+,5-;;/m1111../s1. The van der Waals surface area contributed by atoms with Crippen LogP contribution in [0.2, 0.25) is 0 Å². The second kappa shape index (κ2) is 32.8. The van der Waals surface area contributed by atoms with Gasteiger partial charge in [-0.2, -0.15) is 0 Å². The largest absolute Gasteiger partial charge is 3.00 e. The molecule has 54 heavy (non-hydrogen) atoms. The normalized spacial score (nSPS) is 19.6. The van der Waals surface area contributed by atoms with E-state index in [0.717, 1.165) is 0 Å². The van der Waals surface area contributed by atoms with E-state index in [9.17, 15) is 39.6 Å². The summed E-state index contributed by atoms with van der Waals surface area (Å²) in [6, 6.07) is 0. The second-order valence-electron chi connectivity index (χ2n) is 9.98. The average Bonchev–Trinajstić information content (AvgIpc) is 3.12. The molecule has 0 bridgehead atoms. The molecule has 0 aromatic heterocycles. The van der Waals surface area contributed by atoms with E-state index in [1.807, 2.05) is 0 Å². The van der Waals surface area contributed by atoms with Gasteiger partial charge in [-0.25, -0.2) is 0 Å². The average molecular weight is 854 g/mol. The van der Waals surface area contributed by atoms with E-state index in [-0.39, 0.29) is 23.2 Å². The number of hydrogen-bond acceptors (Lipinski definition) is 28. The number of carboxylic acid groups (broad SMARTS) is 4. The van der Waals surface area contributed by atoms with Crippen molar-refractivity contribution >= 4 is 23.9 Å². The number of carbonyl (C=O) groups is 4. The van der Waals surface area contributed by atoms with E-state index in [0.29, 0.717) is 0 Å². The van der Waals surface area contributed by atoms with Gasteiger partial charge >= 0.3 is 17.1 Å². The minimum Gasteiger partial charge on any atom is -0.547 e. The molecule has 0 fully saturated rings. The molecule has 29 nitrogen and oxygen atoms in total. The third-order valence-electron chi connectivity index (χ3n) is 5.98. The summed E-state index contributed by atoms with van der Waals surface area (Å²) in [6.45, 7) is -3.45. The van der Waals surface area contributed by atoms with Crippen molar-refractivity contribution in [2.75, 3.05) is 26.4 Å². The Labute approximate surface area is 313 Å². The summed E-state index contributed by atoms with van der Waals surface area (Å²) in [4.78, 5) is 39.9. The number of aliphatic hydroxyl groups excluding tert-OH is 20. The van der Waals surface area contributed by atoms with E-state index in [1.165, 1.54) is 0 Å². The minimum atomic E-state index is -2.31. The van der Waals surface area contributed by atoms with Gasteiger partial charge in [-0.3, -0.25) is 0 Å². The van der Waals surface area contributed by atoms with Gasteiger partial charge in [0, 0.05) is 0 Å². The molecular weight excluding hydrogens is 806 g/mol. The van der Waals surface area contributed by atoms with Crippen LogP contribution >= 0.6 is 0 Å². The van der Waals surface area contributed by atoms with Crippen molar-refractivity contribution in [3.63, 3.8) is 0 Å². The Bertz CT molecular complexity index is 848. The smallest absolute Gasteiger partial charge is 0.547 e. The Morgan fingerprint density at radius 3 is 0.500 bits per heavy atom. The van der Waals surface area contributed by atoms with Crippen molar-refractivity contribution < 1.29 is 159 Å². The summed E-state index contributed by atoms with van der Waals surface area (Å²) in [5.74, 6) is -7.90. The zero-order valence-electron chi connectivity index (χ0n) is 27.6. The van der Waals surface area contributed by atoms with Gasteiger partial charge in [0.15, 0.2) is 0 Å². The summed E-state index contributed by atoms with van der Waals surface area (Å²) in [7, 11) is 0. The predicted molar refractivity (Wildman–Crippen MR) is 150 cm³/mol. The number of aliphatic hydroxyl groups is 20. The number of quaternary nitrogens is 1. The fourth-order valence-electron chi connectivity index (χ4n) is 2.65. The van der Waals surface area contributed by atoms with Crippen LogP contribution in [-0.2, 0) is 36.2 Å². The maximum Gasteiger partial charge on any atom is 3.00 e. The molecule has 0 aliphatic carbocycles. The number of rotatable bonds is 20. The Morgan fingerprint density at radius 2 is 0.426 bits per heavy atom. The molecule has 0 heterocycles. The number of aliphatic carboxylic acids is 4. The van der Waals surface area contributed by atoms with E-state index >= 15 is 0 Å². The van der Waals surface area contributed by atoms with Gasteiger partial charge in [0.1, 0.15) is 97.7 Å². The van der Waals surface area contributed by atoms with Crippen LogP contribution in [0.5, 0.6) is 0 Å². The van der Waals surface area contributed by atoms with E-state index in [1.54, 1.807) is 0 Å². The molecule has 0 amide bonds. The SMILES string of the molecule is O=C([O-])[C@H](O)[C@@H](O)[C@H](O)[C@H](O)CO.O=C([O-])[C@H](O)[C@@H](O)[C@H](O)[C@H](O)CO.O=C([O-])[C@H](O)[C@@H](O)[C@H](O)[C@H](O)CO.O=C([O-])[C@H](O)[C@@H](O)[C@H](O)[C@H](O)CO.[Fe+3].[NH4+]. The molecule has 0 saturated heterocycles. The molecule has 1 radical (unpaired) electrons. The summed E-state index contributed by atoms with van der Waals surface area (Å²) < 4.78 is 0. The molecule has 24 N–H and O–H groups in total. The molecule has 325 valence electrons. The van der Waals surface area contributed by atoms with Gasteiger partial charge in [-0.1, -0.05) is 0 Å². The topological polar surface area (TPSA) is 602 Å². The molecule has 0 aromatic carbocycles. The molecule has 0 rings (SSSR count). The number of carbonyl (C=O) groups excluding carboxylic acids is 4. The number of hydrogen-bond donors (Lipinski definition) is 21. The van der Waals surface area contributed by atoms with E-state index in [4.69, 9.17) is 102 Å². The summed E-state index contributed by atoms with van der Waals surface area (Å²) in [5, 5.41) is 214. The van der Waals surface area contributed by atoms with Crippen LogP contribution in [0.15, 0.2) is 0 Å². The molecular formula is C24H48FeNO28. The monoisotopic (exact) mass is 854 g/mol. The van der Waals surface area contributed by atoms with Gasteiger partial charge in [-0.05, 0) is 0 Å². The summed E-state index contributed by atoms with van der Waals surface area (Å²) in [5.41, 5.74) is 0. The van der Waals surface area contributed by atoms with Crippen molar-refractivity contribution in [2.45, 2.75) is 97.7 Å². The molecule has 0 unspecified atom stereocenters. The first-order valence-corrected chi connectivity index (χ1v) is 13.8. The zero-order chi connectivity index (χ0) is 42.4. The van der Waals surface area contributed by atoms with Crippen LogP contribution in [0, 0.1) is 0 Å². The molecule has 30 heteroatoms. The van der Waals surface area contributed by atoms with Gasteiger partial charge in [-0.15, -0.1) is 0 Å². The van der Waals surface area contributed by atoms with Crippen molar-refractivity contribution in [3.05, 3.63) is 0 Å². The van der Waals surface area contributed by atoms with Crippen LogP contribution in [0.1, 0.15) is 0 Å². The van der Waals surface area contributed by atoms with Gasteiger partial charge in [0.05, 0.1) is 50.3 Å². The zero-order valence-corrected chi connectivity index (χ0v) is 28.7. The van der Waals surface area contributed by atoms with Crippen LogP contribution in [0.25, 0.3) is 0 Å². The van der Waals surface area contributed by atoms with Crippen molar-refractivity contribution in [2.24, 2.45) is 0 Å².